The van der Waals surface area contributed by atoms with Gasteiger partial charge in [-0.25, -0.2) is 8.42 Å². The number of benzene rings is 3. The fraction of sp³-hybridized carbons (Fsp3) is 0.0500. The first kappa shape index (κ1) is 16.9. The average molecular weight is 352 g/mol. The molecule has 0 fully saturated rings. The molecule has 0 aromatic heterocycles. The van der Waals surface area contributed by atoms with Crippen molar-refractivity contribution in [3.8, 4) is 5.75 Å². The lowest BCUT2D eigenvalue weighted by molar-refractivity contribution is 0.0921. The second-order valence-corrected chi connectivity index (χ2v) is 7.32. The second kappa shape index (κ2) is 7.32. The molecule has 0 saturated carbocycles. The topological polar surface area (TPSA) is 60.4 Å². The monoisotopic (exact) mass is 352 g/mol. The molecule has 0 radical (unpaired) electrons. The van der Waals surface area contributed by atoms with Crippen molar-refractivity contribution in [3.05, 3.63) is 90.5 Å². The number of carbonyl (C=O) groups is 1. The Bertz CT molecular complexity index is 948. The molecule has 0 amide bonds. The minimum atomic E-state index is -3.55. The molecule has 0 saturated heterocycles. The number of sulfone groups is 1. The van der Waals surface area contributed by atoms with Gasteiger partial charge in [0.25, 0.3) is 0 Å². The zero-order valence-electron chi connectivity index (χ0n) is 13.3. The van der Waals surface area contributed by atoms with E-state index in [9.17, 15) is 13.2 Å². The number of Topliss-reactive ketones (excluding diaryl/α,β-unsaturated/α-hetero) is 1. The molecule has 0 aliphatic heterocycles. The predicted molar refractivity (Wildman–Crippen MR) is 94.6 cm³/mol. The van der Waals surface area contributed by atoms with Gasteiger partial charge in [-0.3, -0.25) is 4.79 Å². The normalized spacial score (nSPS) is 11.0. The summed E-state index contributed by atoms with van der Waals surface area (Å²) in [6, 6.07) is 23.1. The number of ether oxygens (including phenoxy) is 1. The molecule has 0 aliphatic rings. The van der Waals surface area contributed by atoms with Crippen molar-refractivity contribution in [3.63, 3.8) is 0 Å². The maximum Gasteiger partial charge on any atom is 0.206 e. The number of ketones is 1. The number of hydrogen-bond acceptors (Lipinski definition) is 4. The van der Waals surface area contributed by atoms with E-state index in [-0.39, 0.29) is 22.2 Å². The van der Waals surface area contributed by atoms with Gasteiger partial charge in [-0.2, -0.15) is 0 Å². The molecule has 0 N–H and O–H groups in total. The highest BCUT2D eigenvalue weighted by atomic mass is 32.2. The van der Waals surface area contributed by atoms with Crippen LogP contribution in [-0.2, 0) is 9.84 Å². The number of hydrogen-bond donors (Lipinski definition) is 0. The Hall–Kier alpha value is -2.92. The van der Waals surface area contributed by atoms with Gasteiger partial charge in [-0.05, 0) is 36.4 Å². The maximum absolute atomic E-state index is 12.5. The van der Waals surface area contributed by atoms with Gasteiger partial charge in [-0.15, -0.1) is 0 Å². The summed E-state index contributed by atoms with van der Waals surface area (Å²) in [4.78, 5) is 12.4. The predicted octanol–water partition coefficient (Wildman–Crippen LogP) is 3.78. The van der Waals surface area contributed by atoms with E-state index in [0.717, 1.165) is 0 Å². The third-order valence-electron chi connectivity index (χ3n) is 3.65. The molecule has 5 heteroatoms. The summed E-state index contributed by atoms with van der Waals surface area (Å²) in [5, 5.41) is 0. The van der Waals surface area contributed by atoms with Gasteiger partial charge in [0.2, 0.25) is 9.84 Å². The zero-order valence-corrected chi connectivity index (χ0v) is 14.1. The van der Waals surface area contributed by atoms with E-state index in [2.05, 4.69) is 0 Å². The van der Waals surface area contributed by atoms with Gasteiger partial charge in [0.15, 0.2) is 12.4 Å². The summed E-state index contributed by atoms with van der Waals surface area (Å²) in [5.41, 5.74) is 0.575. The molecular weight excluding hydrogens is 336 g/mol. The second-order valence-electron chi connectivity index (χ2n) is 5.37. The van der Waals surface area contributed by atoms with E-state index >= 15 is 0 Å². The van der Waals surface area contributed by atoms with Gasteiger partial charge in [-0.1, -0.05) is 48.5 Å². The number of carbonyl (C=O) groups excluding carboxylic acids is 1. The number of rotatable bonds is 6. The van der Waals surface area contributed by atoms with E-state index in [1.807, 2.05) is 6.07 Å². The van der Waals surface area contributed by atoms with Crippen molar-refractivity contribution in [1.29, 1.82) is 0 Å². The molecular formula is C20H16O4S. The fourth-order valence-electron chi connectivity index (χ4n) is 2.31. The minimum absolute atomic E-state index is 0.102. The largest absolute Gasteiger partial charge is 0.485 e. The van der Waals surface area contributed by atoms with E-state index in [1.54, 1.807) is 66.7 Å². The van der Waals surface area contributed by atoms with E-state index in [0.29, 0.717) is 11.3 Å². The Morgan fingerprint density at radius 1 is 0.720 bits per heavy atom. The Morgan fingerprint density at radius 3 is 1.84 bits per heavy atom. The SMILES string of the molecule is O=C(COc1ccc(S(=O)(=O)c2ccccc2)cc1)c1ccccc1. The summed E-state index contributed by atoms with van der Waals surface area (Å²) in [6.45, 7) is -0.102. The zero-order chi connectivity index (χ0) is 17.7. The van der Waals surface area contributed by atoms with Gasteiger partial charge in [0, 0.05) is 5.56 Å². The lowest BCUT2D eigenvalue weighted by Gasteiger charge is -2.08. The average Bonchev–Trinajstić information content (AvgIpc) is 2.68. The molecule has 25 heavy (non-hydrogen) atoms. The highest BCUT2D eigenvalue weighted by Gasteiger charge is 2.17. The summed E-state index contributed by atoms with van der Waals surface area (Å²) in [7, 11) is -3.55. The summed E-state index contributed by atoms with van der Waals surface area (Å²) in [5.74, 6) is 0.304. The molecule has 4 nitrogen and oxygen atoms in total. The van der Waals surface area contributed by atoms with Crippen molar-refractivity contribution in [2.24, 2.45) is 0 Å². The third-order valence-corrected chi connectivity index (χ3v) is 5.44. The van der Waals surface area contributed by atoms with Crippen LogP contribution in [0.25, 0.3) is 0 Å². The molecule has 0 unspecified atom stereocenters. The standard InChI is InChI=1S/C20H16O4S/c21-20(16-7-3-1-4-8-16)15-24-17-11-13-19(14-12-17)25(22,23)18-9-5-2-6-10-18/h1-14H,15H2. The molecule has 126 valence electrons. The quantitative estimate of drug-likeness (QED) is 0.634. The Balaban J connectivity index is 1.70. The Morgan fingerprint density at radius 2 is 1.24 bits per heavy atom. The Kier molecular flexibility index (Phi) is 4.95. The van der Waals surface area contributed by atoms with Crippen LogP contribution in [0.1, 0.15) is 10.4 Å². The van der Waals surface area contributed by atoms with Crippen LogP contribution in [0, 0.1) is 0 Å². The molecule has 0 heterocycles. The van der Waals surface area contributed by atoms with Crippen LogP contribution >= 0.6 is 0 Å². The van der Waals surface area contributed by atoms with Crippen LogP contribution in [0.4, 0.5) is 0 Å². The maximum atomic E-state index is 12.5. The van der Waals surface area contributed by atoms with Crippen LogP contribution in [0.5, 0.6) is 5.75 Å². The first-order valence-electron chi connectivity index (χ1n) is 7.68. The molecule has 0 bridgehead atoms. The lowest BCUT2D eigenvalue weighted by atomic mass is 10.1. The highest BCUT2D eigenvalue weighted by molar-refractivity contribution is 7.91. The minimum Gasteiger partial charge on any atom is -0.485 e. The van der Waals surface area contributed by atoms with Crippen molar-refractivity contribution >= 4 is 15.6 Å². The first-order valence-corrected chi connectivity index (χ1v) is 9.17. The first-order chi connectivity index (χ1) is 12.1. The smallest absolute Gasteiger partial charge is 0.206 e. The molecule has 0 spiro atoms. The molecule has 0 aliphatic carbocycles. The molecule has 0 atom stereocenters. The summed E-state index contributed by atoms with van der Waals surface area (Å²) < 4.78 is 30.5. The van der Waals surface area contributed by atoms with Crippen LogP contribution in [0.15, 0.2) is 94.7 Å². The van der Waals surface area contributed by atoms with Gasteiger partial charge in [0.05, 0.1) is 9.79 Å². The fourth-order valence-corrected chi connectivity index (χ4v) is 3.59. The van der Waals surface area contributed by atoms with Crippen LogP contribution in [0.3, 0.4) is 0 Å². The molecule has 3 aromatic carbocycles. The van der Waals surface area contributed by atoms with E-state index in [1.165, 1.54) is 12.1 Å². The Labute approximate surface area is 146 Å². The van der Waals surface area contributed by atoms with Crippen molar-refractivity contribution < 1.29 is 17.9 Å². The van der Waals surface area contributed by atoms with Gasteiger partial charge < -0.3 is 4.74 Å². The molecule has 3 aromatic rings. The lowest BCUT2D eigenvalue weighted by Crippen LogP contribution is -2.11. The van der Waals surface area contributed by atoms with Crippen molar-refractivity contribution in [2.45, 2.75) is 9.79 Å². The van der Waals surface area contributed by atoms with Gasteiger partial charge >= 0.3 is 0 Å². The van der Waals surface area contributed by atoms with E-state index in [4.69, 9.17) is 4.74 Å². The highest BCUT2D eigenvalue weighted by Crippen LogP contribution is 2.23. The van der Waals surface area contributed by atoms with Crippen LogP contribution in [-0.4, -0.2) is 20.8 Å². The van der Waals surface area contributed by atoms with Crippen LogP contribution in [0.2, 0.25) is 0 Å². The van der Waals surface area contributed by atoms with Crippen molar-refractivity contribution in [2.75, 3.05) is 6.61 Å². The summed E-state index contributed by atoms with van der Waals surface area (Å²) in [6.07, 6.45) is 0. The van der Waals surface area contributed by atoms with Crippen LogP contribution < -0.4 is 4.74 Å². The summed E-state index contributed by atoms with van der Waals surface area (Å²) >= 11 is 0. The molecule has 3 rings (SSSR count). The van der Waals surface area contributed by atoms with E-state index < -0.39 is 9.84 Å². The van der Waals surface area contributed by atoms with Gasteiger partial charge in [0.1, 0.15) is 5.75 Å². The third kappa shape index (κ3) is 3.95. The van der Waals surface area contributed by atoms with Crippen molar-refractivity contribution in [1.82, 2.24) is 0 Å².